The molecule has 17 heavy (non-hydrogen) atoms. The zero-order chi connectivity index (χ0) is 12.4. The number of aromatic nitrogens is 3. The first kappa shape index (κ1) is 12.7. The van der Waals surface area contributed by atoms with Crippen molar-refractivity contribution in [3.63, 3.8) is 0 Å². The van der Waals surface area contributed by atoms with Gasteiger partial charge in [-0.2, -0.15) is 0 Å². The Labute approximate surface area is 110 Å². The maximum absolute atomic E-state index is 12.8. The maximum atomic E-state index is 12.8. The van der Waals surface area contributed by atoms with E-state index >= 15 is 0 Å². The van der Waals surface area contributed by atoms with Gasteiger partial charge in [-0.3, -0.25) is 0 Å². The van der Waals surface area contributed by atoms with E-state index < -0.39 is 19.4 Å². The van der Waals surface area contributed by atoms with Crippen LogP contribution >= 0.6 is 27.5 Å². The second-order valence-corrected chi connectivity index (χ2v) is 4.42. The lowest BCUT2D eigenvalue weighted by atomic mass is 10.3. The molecule has 2 heterocycles. The highest BCUT2D eigenvalue weighted by Crippen LogP contribution is 2.28. The van der Waals surface area contributed by atoms with Crippen molar-refractivity contribution in [3.05, 3.63) is 23.2 Å². The van der Waals surface area contributed by atoms with E-state index in [1.54, 1.807) is 6.07 Å². The number of fused-ring (bicyclic) bond motifs is 1. The van der Waals surface area contributed by atoms with Gasteiger partial charge in [0.05, 0.1) is 11.4 Å². The third-order valence-corrected chi connectivity index (χ3v) is 3.40. The number of alkyl halides is 3. The van der Waals surface area contributed by atoms with Crippen LogP contribution in [0.5, 0.6) is 0 Å². The molecule has 0 N–H and O–H groups in total. The average molecular weight is 325 g/mol. The minimum Gasteiger partial charge on any atom is -0.320 e. The van der Waals surface area contributed by atoms with Gasteiger partial charge in [-0.15, -0.1) is 0 Å². The van der Waals surface area contributed by atoms with Crippen LogP contribution in [-0.2, 0) is 5.33 Å². The van der Waals surface area contributed by atoms with Crippen molar-refractivity contribution in [2.45, 2.75) is 11.4 Å². The predicted octanol–water partition coefficient (Wildman–Crippen LogP) is 3.46. The van der Waals surface area contributed by atoms with Crippen LogP contribution in [0.3, 0.4) is 0 Å². The van der Waals surface area contributed by atoms with Crippen LogP contribution < -0.4 is 0 Å². The number of halogens is 4. The molecular formula is C10H9BrClF2N3. The fraction of sp³-hybridized carbons (Fsp3) is 0.400. The second kappa shape index (κ2) is 5.27. The summed E-state index contributed by atoms with van der Waals surface area (Å²) in [5, 5.41) is 1.36. The topological polar surface area (TPSA) is 30.7 Å². The van der Waals surface area contributed by atoms with Crippen LogP contribution in [0.15, 0.2) is 12.4 Å². The van der Waals surface area contributed by atoms with Crippen LogP contribution in [0.25, 0.3) is 11.0 Å². The molecule has 0 bridgehead atoms. The number of hydrogen-bond acceptors (Lipinski definition) is 2. The molecule has 0 aliphatic heterocycles. The van der Waals surface area contributed by atoms with Crippen molar-refractivity contribution in [2.75, 3.05) is 13.3 Å². The van der Waals surface area contributed by atoms with Crippen molar-refractivity contribution in [2.24, 2.45) is 0 Å². The van der Waals surface area contributed by atoms with Gasteiger partial charge in [0.15, 0.2) is 0 Å². The van der Waals surface area contributed by atoms with E-state index in [9.17, 15) is 8.78 Å². The Bertz CT molecular complexity index is 527. The highest BCUT2D eigenvalue weighted by molar-refractivity contribution is 9.08. The molecule has 0 aromatic carbocycles. The standard InChI is InChI=1S/C10H9BrClF2N3/c11-2-6-1-8-9(12)15-5-16-10(8)17(6)7(3-13)4-14/h1,5,7H,2-4H2. The fourth-order valence-corrected chi connectivity index (χ4v) is 2.36. The van der Waals surface area contributed by atoms with Crippen molar-refractivity contribution < 1.29 is 8.78 Å². The Balaban J connectivity index is 2.70. The van der Waals surface area contributed by atoms with Gasteiger partial charge in [0.25, 0.3) is 0 Å². The molecule has 0 radical (unpaired) electrons. The minimum atomic E-state index is -0.869. The molecule has 2 aromatic rings. The highest BCUT2D eigenvalue weighted by atomic mass is 79.9. The molecule has 0 aliphatic rings. The quantitative estimate of drug-likeness (QED) is 0.637. The fourth-order valence-electron chi connectivity index (χ4n) is 1.74. The molecular weight excluding hydrogens is 315 g/mol. The van der Waals surface area contributed by atoms with Crippen LogP contribution in [0, 0.1) is 0 Å². The highest BCUT2D eigenvalue weighted by Gasteiger charge is 2.19. The second-order valence-electron chi connectivity index (χ2n) is 3.50. The lowest BCUT2D eigenvalue weighted by Crippen LogP contribution is -2.15. The summed E-state index contributed by atoms with van der Waals surface area (Å²) in [6.07, 6.45) is 1.28. The Morgan fingerprint density at radius 2 is 2.06 bits per heavy atom. The first-order valence-electron chi connectivity index (χ1n) is 4.91. The zero-order valence-corrected chi connectivity index (χ0v) is 11.0. The zero-order valence-electron chi connectivity index (χ0n) is 8.71. The van der Waals surface area contributed by atoms with Gasteiger partial charge in [0, 0.05) is 11.0 Å². The Kier molecular flexibility index (Phi) is 3.93. The number of hydrogen-bond donors (Lipinski definition) is 0. The van der Waals surface area contributed by atoms with E-state index in [2.05, 4.69) is 25.9 Å². The molecule has 0 unspecified atom stereocenters. The van der Waals surface area contributed by atoms with Gasteiger partial charge in [-0.25, -0.2) is 18.7 Å². The van der Waals surface area contributed by atoms with Crippen LogP contribution in [-0.4, -0.2) is 27.9 Å². The summed E-state index contributed by atoms with van der Waals surface area (Å²) in [6.45, 7) is -1.58. The van der Waals surface area contributed by atoms with E-state index in [-0.39, 0.29) is 5.15 Å². The van der Waals surface area contributed by atoms with Gasteiger partial charge in [-0.05, 0) is 6.07 Å². The summed E-state index contributed by atoms with van der Waals surface area (Å²) >= 11 is 9.20. The molecule has 2 aromatic heterocycles. The largest absolute Gasteiger partial charge is 0.320 e. The van der Waals surface area contributed by atoms with E-state index in [0.717, 1.165) is 5.69 Å². The SMILES string of the molecule is FCC(CF)n1c(CBr)cc2c(Cl)ncnc21. The molecule has 0 atom stereocenters. The molecule has 3 nitrogen and oxygen atoms in total. The van der Waals surface area contributed by atoms with Crippen molar-refractivity contribution in [3.8, 4) is 0 Å². The van der Waals surface area contributed by atoms with Gasteiger partial charge < -0.3 is 4.57 Å². The van der Waals surface area contributed by atoms with E-state index in [1.807, 2.05) is 0 Å². The number of rotatable bonds is 4. The average Bonchev–Trinajstić information content (AvgIpc) is 2.72. The molecule has 0 amide bonds. The Morgan fingerprint density at radius 1 is 1.35 bits per heavy atom. The lowest BCUT2D eigenvalue weighted by Gasteiger charge is -2.15. The normalized spacial score (nSPS) is 11.6. The summed E-state index contributed by atoms with van der Waals surface area (Å²) in [6, 6.07) is 0.871. The third kappa shape index (κ3) is 2.15. The molecule has 0 fully saturated rings. The van der Waals surface area contributed by atoms with E-state index in [0.29, 0.717) is 16.4 Å². The molecule has 92 valence electrons. The molecule has 0 saturated heterocycles. The van der Waals surface area contributed by atoms with Crippen LogP contribution in [0.2, 0.25) is 5.15 Å². The van der Waals surface area contributed by atoms with Gasteiger partial charge >= 0.3 is 0 Å². The molecule has 0 saturated carbocycles. The predicted molar refractivity (Wildman–Crippen MR) is 66.2 cm³/mol. The van der Waals surface area contributed by atoms with Crippen molar-refractivity contribution in [1.29, 1.82) is 0 Å². The monoisotopic (exact) mass is 323 g/mol. The Hall–Kier alpha value is -0.750. The molecule has 7 heteroatoms. The number of nitrogens with zero attached hydrogens (tertiary/aromatic N) is 3. The van der Waals surface area contributed by atoms with E-state index in [1.165, 1.54) is 10.9 Å². The summed E-state index contributed by atoms with van der Waals surface area (Å²) in [5.41, 5.74) is 1.18. The summed E-state index contributed by atoms with van der Waals surface area (Å²) in [7, 11) is 0. The van der Waals surface area contributed by atoms with Crippen LogP contribution in [0.4, 0.5) is 8.78 Å². The van der Waals surface area contributed by atoms with Gasteiger partial charge in [-0.1, -0.05) is 27.5 Å². The summed E-state index contributed by atoms with van der Waals surface area (Å²) < 4.78 is 27.2. The first-order chi connectivity index (χ1) is 8.22. The third-order valence-electron chi connectivity index (χ3n) is 2.52. The van der Waals surface area contributed by atoms with Gasteiger partial charge in [0.2, 0.25) is 0 Å². The smallest absolute Gasteiger partial charge is 0.145 e. The van der Waals surface area contributed by atoms with Crippen molar-refractivity contribution in [1.82, 2.24) is 14.5 Å². The maximum Gasteiger partial charge on any atom is 0.145 e. The molecule has 0 aliphatic carbocycles. The molecule has 0 spiro atoms. The first-order valence-corrected chi connectivity index (χ1v) is 6.41. The Morgan fingerprint density at radius 3 is 2.65 bits per heavy atom. The van der Waals surface area contributed by atoms with Gasteiger partial charge in [0.1, 0.15) is 30.5 Å². The summed E-state index contributed by atoms with van der Waals surface area (Å²) in [4.78, 5) is 7.89. The summed E-state index contributed by atoms with van der Waals surface area (Å²) in [5.74, 6) is 0. The minimum absolute atomic E-state index is 0.285. The van der Waals surface area contributed by atoms with E-state index in [4.69, 9.17) is 11.6 Å². The molecule has 2 rings (SSSR count). The van der Waals surface area contributed by atoms with Crippen LogP contribution in [0.1, 0.15) is 11.7 Å². The lowest BCUT2D eigenvalue weighted by molar-refractivity contribution is 0.290. The van der Waals surface area contributed by atoms with Crippen molar-refractivity contribution >= 4 is 38.6 Å².